The Morgan fingerprint density at radius 3 is 2.48 bits per heavy atom. The van der Waals surface area contributed by atoms with Gasteiger partial charge in [0.05, 0.1) is 19.2 Å². The number of hydrogen-bond acceptors (Lipinski definition) is 6. The average molecular weight is 385 g/mol. The van der Waals surface area contributed by atoms with E-state index in [2.05, 4.69) is 10.3 Å². The summed E-state index contributed by atoms with van der Waals surface area (Å²) in [4.78, 5) is 27.6. The Balaban J connectivity index is 1.96. The Labute approximate surface area is 153 Å². The first kappa shape index (κ1) is 18.8. The number of nitrogens with zero attached hydrogens (tertiary/aromatic N) is 1. The van der Waals surface area contributed by atoms with Crippen LogP contribution in [0.1, 0.15) is 10.5 Å². The number of anilines is 1. The highest BCUT2D eigenvalue weighted by atomic mass is 35.5. The number of nitrogens with one attached hydrogen (secondary N) is 1. The van der Waals surface area contributed by atoms with Crippen LogP contribution in [0.25, 0.3) is 0 Å². The van der Waals surface area contributed by atoms with Crippen LogP contribution >= 0.6 is 23.2 Å². The second kappa shape index (κ2) is 8.55. The first-order valence-corrected chi connectivity index (χ1v) is 7.71. The molecule has 0 aliphatic carbocycles. The minimum absolute atomic E-state index is 0.0784. The molecule has 0 fully saturated rings. The van der Waals surface area contributed by atoms with Crippen molar-refractivity contribution in [3.63, 3.8) is 0 Å². The number of esters is 1. The summed E-state index contributed by atoms with van der Waals surface area (Å²) >= 11 is 11.6. The molecule has 25 heavy (non-hydrogen) atoms. The first-order chi connectivity index (χ1) is 11.9. The highest BCUT2D eigenvalue weighted by Gasteiger charge is 2.16. The summed E-state index contributed by atoms with van der Waals surface area (Å²) in [5.74, 6) is -0.422. The predicted octanol–water partition coefficient (Wildman–Crippen LogP) is 3.20. The van der Waals surface area contributed by atoms with Crippen molar-refractivity contribution in [2.45, 2.75) is 0 Å². The van der Waals surface area contributed by atoms with Crippen LogP contribution in [-0.4, -0.2) is 37.7 Å². The molecule has 0 bridgehead atoms. The van der Waals surface area contributed by atoms with Crippen molar-refractivity contribution < 1.29 is 23.8 Å². The van der Waals surface area contributed by atoms with Gasteiger partial charge in [0, 0.05) is 11.8 Å². The molecule has 0 saturated carbocycles. The molecule has 7 nitrogen and oxygen atoms in total. The quantitative estimate of drug-likeness (QED) is 0.607. The molecule has 1 heterocycles. The molecule has 1 aromatic heterocycles. The van der Waals surface area contributed by atoms with E-state index < -0.39 is 18.5 Å². The molecule has 1 aromatic carbocycles. The van der Waals surface area contributed by atoms with Gasteiger partial charge in [-0.05, 0) is 24.3 Å². The van der Waals surface area contributed by atoms with E-state index in [1.54, 1.807) is 18.2 Å². The van der Waals surface area contributed by atoms with E-state index in [1.807, 2.05) is 0 Å². The topological polar surface area (TPSA) is 86.8 Å². The van der Waals surface area contributed by atoms with Crippen molar-refractivity contribution in [3.05, 3.63) is 46.2 Å². The fraction of sp³-hybridized carbons (Fsp3) is 0.188. The van der Waals surface area contributed by atoms with Crippen molar-refractivity contribution in [3.8, 4) is 11.5 Å². The monoisotopic (exact) mass is 384 g/mol. The van der Waals surface area contributed by atoms with Crippen LogP contribution in [-0.2, 0) is 9.53 Å². The normalized spacial score (nSPS) is 10.1. The first-order valence-electron chi connectivity index (χ1n) is 6.95. The maximum Gasteiger partial charge on any atom is 0.359 e. The van der Waals surface area contributed by atoms with E-state index in [-0.39, 0.29) is 15.9 Å². The smallest absolute Gasteiger partial charge is 0.359 e. The summed E-state index contributed by atoms with van der Waals surface area (Å²) in [6.45, 7) is -0.516. The van der Waals surface area contributed by atoms with Gasteiger partial charge in [-0.3, -0.25) is 4.79 Å². The van der Waals surface area contributed by atoms with Crippen LogP contribution in [0.2, 0.25) is 10.2 Å². The molecule has 1 N–H and O–H groups in total. The zero-order valence-corrected chi connectivity index (χ0v) is 14.9. The molecule has 2 aromatic rings. The number of rotatable bonds is 6. The van der Waals surface area contributed by atoms with Crippen molar-refractivity contribution >= 4 is 40.8 Å². The number of amides is 1. The lowest BCUT2D eigenvalue weighted by molar-refractivity contribution is -0.119. The van der Waals surface area contributed by atoms with Crippen molar-refractivity contribution in [2.75, 3.05) is 26.1 Å². The third-order valence-electron chi connectivity index (χ3n) is 3.01. The summed E-state index contributed by atoms with van der Waals surface area (Å²) in [6.07, 6.45) is 0. The summed E-state index contributed by atoms with van der Waals surface area (Å²) in [5, 5.41) is 2.74. The van der Waals surface area contributed by atoms with Gasteiger partial charge >= 0.3 is 5.97 Å². The van der Waals surface area contributed by atoms with E-state index in [0.717, 1.165) is 0 Å². The number of pyridine rings is 1. The molecule has 0 atom stereocenters. The molecule has 0 aliphatic rings. The maximum absolute atomic E-state index is 11.9. The molecule has 0 unspecified atom stereocenters. The second-order valence-corrected chi connectivity index (χ2v) is 5.45. The summed E-state index contributed by atoms with van der Waals surface area (Å²) in [7, 11) is 2.98. The van der Waals surface area contributed by atoms with E-state index in [4.69, 9.17) is 37.4 Å². The molecule has 0 saturated heterocycles. The lowest BCUT2D eigenvalue weighted by atomic mass is 10.2. The van der Waals surface area contributed by atoms with Gasteiger partial charge in [-0.25, -0.2) is 9.78 Å². The molecule has 0 spiro atoms. The largest absolute Gasteiger partial charge is 0.493 e. The van der Waals surface area contributed by atoms with Gasteiger partial charge in [0.2, 0.25) is 0 Å². The minimum Gasteiger partial charge on any atom is -0.493 e. The van der Waals surface area contributed by atoms with Gasteiger partial charge in [0.25, 0.3) is 5.91 Å². The third-order valence-corrected chi connectivity index (χ3v) is 3.52. The van der Waals surface area contributed by atoms with Crippen LogP contribution < -0.4 is 14.8 Å². The van der Waals surface area contributed by atoms with Crippen LogP contribution in [0, 0.1) is 0 Å². The molecule has 0 aliphatic heterocycles. The molecule has 1 amide bonds. The number of carbonyl (C=O) groups excluding carboxylic acids is 2. The van der Waals surface area contributed by atoms with Crippen LogP contribution in [0.3, 0.4) is 0 Å². The van der Waals surface area contributed by atoms with Crippen LogP contribution in [0.5, 0.6) is 11.5 Å². The van der Waals surface area contributed by atoms with Gasteiger partial charge in [0.15, 0.2) is 23.8 Å². The number of ether oxygens (including phenoxy) is 3. The summed E-state index contributed by atoms with van der Waals surface area (Å²) in [6, 6.07) is 7.68. The third kappa shape index (κ3) is 4.98. The number of benzene rings is 1. The van der Waals surface area contributed by atoms with Crippen molar-refractivity contribution in [1.29, 1.82) is 0 Å². The Hall–Kier alpha value is -2.51. The van der Waals surface area contributed by atoms with Gasteiger partial charge in [0.1, 0.15) is 5.15 Å². The van der Waals surface area contributed by atoms with E-state index in [9.17, 15) is 9.59 Å². The zero-order chi connectivity index (χ0) is 18.4. The number of halogens is 2. The van der Waals surface area contributed by atoms with Gasteiger partial charge in [-0.2, -0.15) is 0 Å². The highest BCUT2D eigenvalue weighted by Crippen LogP contribution is 2.29. The average Bonchev–Trinajstić information content (AvgIpc) is 2.61. The molecular formula is C16H14Cl2N2O5. The van der Waals surface area contributed by atoms with Gasteiger partial charge in [-0.1, -0.05) is 23.2 Å². The highest BCUT2D eigenvalue weighted by molar-refractivity contribution is 6.34. The molecular weight excluding hydrogens is 371 g/mol. The number of methoxy groups -OCH3 is 2. The van der Waals surface area contributed by atoms with Crippen molar-refractivity contribution in [2.24, 2.45) is 0 Å². The Morgan fingerprint density at radius 1 is 1.08 bits per heavy atom. The Kier molecular flexibility index (Phi) is 6.44. The zero-order valence-electron chi connectivity index (χ0n) is 13.3. The summed E-state index contributed by atoms with van der Waals surface area (Å²) in [5.41, 5.74) is 0.297. The van der Waals surface area contributed by atoms with E-state index in [0.29, 0.717) is 17.2 Å². The molecule has 2 rings (SSSR count). The second-order valence-electron chi connectivity index (χ2n) is 4.66. The minimum atomic E-state index is -0.852. The molecule has 0 radical (unpaired) electrons. The summed E-state index contributed by atoms with van der Waals surface area (Å²) < 4.78 is 15.1. The fourth-order valence-electron chi connectivity index (χ4n) is 1.87. The Morgan fingerprint density at radius 2 is 1.80 bits per heavy atom. The molecule has 9 heteroatoms. The standard InChI is InChI=1S/C16H14Cl2N2O5/c1-23-11-5-3-9(7-12(11)24-2)19-14(21)8-25-16(22)15-10(17)4-6-13(18)20-15/h3-7H,8H2,1-2H3,(H,19,21). The molecule has 132 valence electrons. The number of aromatic nitrogens is 1. The lowest BCUT2D eigenvalue weighted by Gasteiger charge is -2.11. The maximum atomic E-state index is 11.9. The van der Waals surface area contributed by atoms with E-state index in [1.165, 1.54) is 26.4 Å². The van der Waals surface area contributed by atoms with Crippen LogP contribution in [0.4, 0.5) is 5.69 Å². The van der Waals surface area contributed by atoms with Gasteiger partial charge < -0.3 is 19.5 Å². The predicted molar refractivity (Wildman–Crippen MR) is 92.7 cm³/mol. The number of carbonyl (C=O) groups is 2. The van der Waals surface area contributed by atoms with E-state index >= 15 is 0 Å². The van der Waals surface area contributed by atoms with Gasteiger partial charge in [-0.15, -0.1) is 0 Å². The van der Waals surface area contributed by atoms with Crippen LogP contribution in [0.15, 0.2) is 30.3 Å². The Bertz CT molecular complexity index is 798. The fourth-order valence-corrected chi connectivity index (χ4v) is 2.20. The number of hydrogen-bond donors (Lipinski definition) is 1. The van der Waals surface area contributed by atoms with Crippen molar-refractivity contribution in [1.82, 2.24) is 4.98 Å². The lowest BCUT2D eigenvalue weighted by Crippen LogP contribution is -2.21. The SMILES string of the molecule is COc1ccc(NC(=O)COC(=O)c2nc(Cl)ccc2Cl)cc1OC.